The Kier molecular flexibility index (Phi) is 8.03. The van der Waals surface area contributed by atoms with E-state index in [9.17, 15) is 0 Å². The Morgan fingerprint density at radius 1 is 0.857 bits per heavy atom. The van der Waals surface area contributed by atoms with Crippen molar-refractivity contribution in [3.8, 4) is 0 Å². The molecule has 0 radical (unpaired) electrons. The molecule has 1 fully saturated rings. The fraction of sp³-hybridized carbons (Fsp3) is 0.633. The second-order valence-electron chi connectivity index (χ2n) is 12.6. The average Bonchev–Trinajstić information content (AvgIpc) is 2.96. The van der Waals surface area contributed by atoms with Gasteiger partial charge in [0.05, 0.1) is 8.07 Å². The molecule has 1 aromatic rings. The van der Waals surface area contributed by atoms with Gasteiger partial charge >= 0.3 is 0 Å². The van der Waals surface area contributed by atoms with Crippen molar-refractivity contribution in [3.63, 3.8) is 0 Å². The van der Waals surface area contributed by atoms with Gasteiger partial charge in [0.25, 0.3) is 0 Å². The van der Waals surface area contributed by atoms with Crippen molar-refractivity contribution in [2.45, 2.75) is 97.3 Å². The van der Waals surface area contributed by atoms with Crippen LogP contribution in [0.5, 0.6) is 0 Å². The first kappa shape index (κ1) is 28.0. The van der Waals surface area contributed by atoms with Crippen molar-refractivity contribution < 1.29 is 0 Å². The van der Waals surface area contributed by atoms with Crippen LogP contribution in [0, 0.1) is 0 Å². The zero-order chi connectivity index (χ0) is 26.5. The molecule has 0 bridgehead atoms. The molecule has 0 atom stereocenters. The lowest BCUT2D eigenvalue weighted by Crippen LogP contribution is -2.55. The molecule has 0 unspecified atom stereocenters. The van der Waals surface area contributed by atoms with E-state index in [1.165, 1.54) is 22.5 Å². The second-order valence-corrected chi connectivity index (χ2v) is 18.9. The largest absolute Gasteiger partial charge is 0.348 e. The summed E-state index contributed by atoms with van der Waals surface area (Å²) in [6.07, 6.45) is 4.74. The van der Waals surface area contributed by atoms with E-state index in [-0.39, 0.29) is 5.41 Å². The van der Waals surface area contributed by atoms with Gasteiger partial charge in [0.15, 0.2) is 5.11 Å². The van der Waals surface area contributed by atoms with E-state index in [4.69, 9.17) is 12.2 Å². The van der Waals surface area contributed by atoms with Crippen molar-refractivity contribution in [1.29, 1.82) is 0 Å². The van der Waals surface area contributed by atoms with Gasteiger partial charge in [0.2, 0.25) is 0 Å². The molecule has 2 aliphatic rings. The number of benzene rings is 1. The van der Waals surface area contributed by atoms with E-state index in [2.05, 4.69) is 128 Å². The highest BCUT2D eigenvalue weighted by molar-refractivity contribution is 7.80. The minimum atomic E-state index is -1.72. The number of nitrogens with zero attached hydrogens (tertiary/aromatic N) is 3. The van der Waals surface area contributed by atoms with E-state index < -0.39 is 8.07 Å². The SMILES string of the molecule is CC(C)N1/C(=C/C=C2CN(C)C(=S)N(C)C2)C(C)(C)c2cc([Si](C(C)C)(C(C)C)C(C)C)ccc21. The fourth-order valence-electron chi connectivity index (χ4n) is 7.32. The maximum atomic E-state index is 5.53. The highest BCUT2D eigenvalue weighted by atomic mass is 32.1. The molecular weight excluding hydrogens is 463 g/mol. The Morgan fingerprint density at radius 3 is 1.83 bits per heavy atom. The molecule has 0 spiro atoms. The van der Waals surface area contributed by atoms with Gasteiger partial charge in [-0.1, -0.05) is 78.8 Å². The summed E-state index contributed by atoms with van der Waals surface area (Å²) in [6, 6.07) is 7.95. The molecule has 35 heavy (non-hydrogen) atoms. The van der Waals surface area contributed by atoms with Crippen molar-refractivity contribution in [2.75, 3.05) is 32.1 Å². The summed E-state index contributed by atoms with van der Waals surface area (Å²) in [5, 5.41) is 2.56. The number of fused-ring (bicyclic) bond motifs is 1. The molecule has 0 aromatic heterocycles. The molecule has 1 aromatic carbocycles. The minimum absolute atomic E-state index is 0.0421. The third kappa shape index (κ3) is 4.63. The number of hydrogen-bond donors (Lipinski definition) is 0. The van der Waals surface area contributed by atoms with Crippen LogP contribution in [0.4, 0.5) is 5.69 Å². The third-order valence-electron chi connectivity index (χ3n) is 8.72. The van der Waals surface area contributed by atoms with Gasteiger partial charge in [0, 0.05) is 50.0 Å². The Balaban J connectivity index is 2.14. The van der Waals surface area contributed by atoms with Gasteiger partial charge in [-0.3, -0.25) is 0 Å². The van der Waals surface area contributed by atoms with E-state index in [0.717, 1.165) is 18.2 Å². The van der Waals surface area contributed by atoms with Crippen LogP contribution in [-0.2, 0) is 5.41 Å². The van der Waals surface area contributed by atoms with Crippen molar-refractivity contribution >= 4 is 36.3 Å². The number of thiocarbonyl (C=S) groups is 1. The summed E-state index contributed by atoms with van der Waals surface area (Å²) in [6.45, 7) is 26.1. The highest BCUT2D eigenvalue weighted by Crippen LogP contribution is 2.50. The topological polar surface area (TPSA) is 9.72 Å². The van der Waals surface area contributed by atoms with Crippen LogP contribution in [-0.4, -0.2) is 56.2 Å². The summed E-state index contributed by atoms with van der Waals surface area (Å²) < 4.78 is 0. The summed E-state index contributed by atoms with van der Waals surface area (Å²) in [5.41, 5.74) is 7.75. The first-order valence-corrected chi connectivity index (χ1v) is 16.1. The Hall–Kier alpha value is -1.59. The lowest BCUT2D eigenvalue weighted by molar-refractivity contribution is 0.386. The Morgan fingerprint density at radius 2 is 1.37 bits per heavy atom. The van der Waals surface area contributed by atoms with Gasteiger partial charge in [-0.05, 0) is 66.0 Å². The molecule has 2 aliphatic heterocycles. The van der Waals surface area contributed by atoms with Crippen molar-refractivity contribution in [2.24, 2.45) is 0 Å². The summed E-state index contributed by atoms with van der Waals surface area (Å²) in [5.74, 6) is 0. The van der Waals surface area contributed by atoms with Gasteiger partial charge in [-0.15, -0.1) is 0 Å². The molecule has 0 saturated carbocycles. The molecule has 0 aliphatic carbocycles. The Bertz CT molecular complexity index is 981. The number of allylic oxidation sites excluding steroid dienone is 3. The van der Waals surface area contributed by atoms with E-state index in [0.29, 0.717) is 22.7 Å². The predicted molar refractivity (Wildman–Crippen MR) is 162 cm³/mol. The average molecular weight is 512 g/mol. The smallest absolute Gasteiger partial charge is 0.171 e. The van der Waals surface area contributed by atoms with Crippen LogP contribution in [0.1, 0.15) is 74.8 Å². The van der Waals surface area contributed by atoms with E-state index >= 15 is 0 Å². The standard InChI is InChI=1S/C30H49N3SSi/c1-20(2)33-27-15-14-25(35(21(3)4,22(5)6)23(7)8)17-26(27)30(9,10)28(33)16-13-24-18-31(11)29(34)32(12)19-24/h13-17,20-23H,18-19H2,1-12H3/b28-16+. The zero-order valence-corrected chi connectivity index (χ0v) is 26.2. The maximum absolute atomic E-state index is 5.53. The van der Waals surface area contributed by atoms with E-state index in [1.807, 2.05) is 0 Å². The first-order chi connectivity index (χ1) is 16.2. The number of rotatable bonds is 6. The van der Waals surface area contributed by atoms with Gasteiger partial charge in [0.1, 0.15) is 0 Å². The summed E-state index contributed by atoms with van der Waals surface area (Å²) in [4.78, 5) is 6.90. The molecule has 0 amide bonds. The van der Waals surface area contributed by atoms with Gasteiger partial charge < -0.3 is 14.7 Å². The van der Waals surface area contributed by atoms with E-state index in [1.54, 1.807) is 5.19 Å². The second kappa shape index (κ2) is 10.0. The maximum Gasteiger partial charge on any atom is 0.171 e. The van der Waals surface area contributed by atoms with Crippen molar-refractivity contribution in [3.05, 3.63) is 47.2 Å². The van der Waals surface area contributed by atoms with Crippen LogP contribution in [0.2, 0.25) is 16.6 Å². The van der Waals surface area contributed by atoms with Crippen LogP contribution < -0.4 is 10.1 Å². The van der Waals surface area contributed by atoms with Gasteiger partial charge in [-0.2, -0.15) is 0 Å². The molecular formula is C30H49N3SSi. The normalized spacial score (nSPS) is 19.8. The van der Waals surface area contributed by atoms with Crippen LogP contribution in [0.25, 0.3) is 0 Å². The molecule has 0 N–H and O–H groups in total. The number of anilines is 1. The summed E-state index contributed by atoms with van der Waals surface area (Å²) in [7, 11) is 2.46. The zero-order valence-electron chi connectivity index (χ0n) is 24.4. The fourth-order valence-corrected chi connectivity index (χ4v) is 14.2. The monoisotopic (exact) mass is 511 g/mol. The first-order valence-electron chi connectivity index (χ1n) is 13.5. The third-order valence-corrected chi connectivity index (χ3v) is 16.4. The molecule has 2 heterocycles. The molecule has 1 saturated heterocycles. The minimum Gasteiger partial charge on any atom is -0.348 e. The lowest BCUT2D eigenvalue weighted by Gasteiger charge is -2.44. The highest BCUT2D eigenvalue weighted by Gasteiger charge is 2.47. The number of hydrogen-bond acceptors (Lipinski definition) is 2. The molecule has 5 heteroatoms. The van der Waals surface area contributed by atoms with Crippen molar-refractivity contribution in [1.82, 2.24) is 9.80 Å². The quantitative estimate of drug-likeness (QED) is 0.299. The van der Waals surface area contributed by atoms with Crippen LogP contribution in [0.3, 0.4) is 0 Å². The predicted octanol–water partition coefficient (Wildman–Crippen LogP) is 7.05. The molecule has 3 rings (SSSR count). The lowest BCUT2D eigenvalue weighted by atomic mass is 9.83. The van der Waals surface area contributed by atoms with Gasteiger partial charge in [-0.25, -0.2) is 0 Å². The van der Waals surface area contributed by atoms with Crippen LogP contribution >= 0.6 is 12.2 Å². The Labute approximate surface area is 222 Å². The molecule has 194 valence electrons. The number of likely N-dealkylation sites (N-methyl/N-ethyl adjacent to an activating group) is 2. The van der Waals surface area contributed by atoms with Crippen LogP contribution in [0.15, 0.2) is 41.6 Å². The summed E-state index contributed by atoms with van der Waals surface area (Å²) >= 11 is 5.53. The molecule has 3 nitrogen and oxygen atoms in total.